The Balaban J connectivity index is 1.65. The first-order chi connectivity index (χ1) is 10.1. The number of nitrogens with one attached hydrogen (secondary N) is 1. The Kier molecular flexibility index (Phi) is 6.83. The lowest BCUT2D eigenvalue weighted by Gasteiger charge is -2.36. The molecule has 0 radical (unpaired) electrons. The van der Waals surface area contributed by atoms with Crippen LogP contribution in [0.15, 0.2) is 0 Å². The summed E-state index contributed by atoms with van der Waals surface area (Å²) in [5.41, 5.74) is -0.633. The Morgan fingerprint density at radius 2 is 1.95 bits per heavy atom. The van der Waals surface area contributed by atoms with Gasteiger partial charge in [0.25, 0.3) is 0 Å². The van der Waals surface area contributed by atoms with E-state index in [0.29, 0.717) is 26.0 Å². The van der Waals surface area contributed by atoms with Crippen molar-refractivity contribution in [1.82, 2.24) is 5.32 Å². The molecule has 1 saturated carbocycles. The van der Waals surface area contributed by atoms with Gasteiger partial charge >= 0.3 is 5.97 Å². The minimum absolute atomic E-state index is 0.0133. The largest absolute Gasteiger partial charge is 0.466 e. The summed E-state index contributed by atoms with van der Waals surface area (Å²) in [7, 11) is 0. The molecule has 2 aliphatic rings. The summed E-state index contributed by atoms with van der Waals surface area (Å²) >= 11 is 2.05. The SMILES string of the molecule is CCOC(=O)C1CCC(O)(CNCC2CCSCC2)CC1. The van der Waals surface area contributed by atoms with Gasteiger partial charge in [-0.2, -0.15) is 11.8 Å². The molecule has 1 aliphatic heterocycles. The molecule has 0 aromatic carbocycles. The highest BCUT2D eigenvalue weighted by Gasteiger charge is 2.36. The summed E-state index contributed by atoms with van der Waals surface area (Å²) in [5.74, 6) is 3.22. The third-order valence-electron chi connectivity index (χ3n) is 4.76. The first kappa shape index (κ1) is 17.1. The van der Waals surface area contributed by atoms with Crippen LogP contribution in [0.5, 0.6) is 0 Å². The Bertz CT molecular complexity index is 323. The number of rotatable bonds is 6. The van der Waals surface area contributed by atoms with Gasteiger partial charge in [-0.25, -0.2) is 0 Å². The number of ether oxygens (including phenoxy) is 1. The maximum absolute atomic E-state index is 11.7. The van der Waals surface area contributed by atoms with E-state index >= 15 is 0 Å². The van der Waals surface area contributed by atoms with Gasteiger partial charge in [0.1, 0.15) is 0 Å². The van der Waals surface area contributed by atoms with Gasteiger partial charge < -0.3 is 15.2 Å². The molecule has 2 fully saturated rings. The quantitative estimate of drug-likeness (QED) is 0.736. The molecule has 2 N–H and O–H groups in total. The van der Waals surface area contributed by atoms with Crippen molar-refractivity contribution in [2.75, 3.05) is 31.2 Å². The zero-order chi connectivity index (χ0) is 15.1. The summed E-state index contributed by atoms with van der Waals surface area (Å²) in [5, 5.41) is 14.1. The van der Waals surface area contributed by atoms with E-state index in [2.05, 4.69) is 5.32 Å². The summed E-state index contributed by atoms with van der Waals surface area (Å²) in [6, 6.07) is 0. The van der Waals surface area contributed by atoms with Crippen LogP contribution in [0.2, 0.25) is 0 Å². The second kappa shape index (κ2) is 8.39. The molecule has 122 valence electrons. The third kappa shape index (κ3) is 5.46. The first-order valence-corrected chi connectivity index (χ1v) is 9.46. The Morgan fingerprint density at radius 1 is 1.29 bits per heavy atom. The Labute approximate surface area is 132 Å². The molecule has 0 bridgehead atoms. The van der Waals surface area contributed by atoms with E-state index < -0.39 is 5.60 Å². The highest BCUT2D eigenvalue weighted by atomic mass is 32.2. The minimum atomic E-state index is -0.633. The van der Waals surface area contributed by atoms with Gasteiger partial charge in [0, 0.05) is 6.54 Å². The van der Waals surface area contributed by atoms with Crippen molar-refractivity contribution < 1.29 is 14.6 Å². The van der Waals surface area contributed by atoms with Crippen LogP contribution < -0.4 is 5.32 Å². The highest BCUT2D eigenvalue weighted by Crippen LogP contribution is 2.32. The second-order valence-electron chi connectivity index (χ2n) is 6.44. The van der Waals surface area contributed by atoms with Crippen LogP contribution >= 0.6 is 11.8 Å². The standard InChI is InChI=1S/C16H29NO3S/c1-2-20-15(18)14-3-7-16(19,8-4-14)12-17-11-13-5-9-21-10-6-13/h13-14,17,19H,2-12H2,1H3. The molecule has 0 spiro atoms. The van der Waals surface area contributed by atoms with Gasteiger partial charge in [0.15, 0.2) is 0 Å². The van der Waals surface area contributed by atoms with Gasteiger partial charge in [0.05, 0.1) is 18.1 Å². The molecule has 0 unspecified atom stereocenters. The fraction of sp³-hybridized carbons (Fsp3) is 0.938. The number of thioether (sulfide) groups is 1. The molecule has 0 aromatic heterocycles. The number of hydrogen-bond acceptors (Lipinski definition) is 5. The topological polar surface area (TPSA) is 58.6 Å². The smallest absolute Gasteiger partial charge is 0.308 e. The summed E-state index contributed by atoms with van der Waals surface area (Å²) in [4.78, 5) is 11.7. The van der Waals surface area contributed by atoms with Crippen LogP contribution in [-0.2, 0) is 9.53 Å². The molecule has 2 rings (SSSR count). The zero-order valence-corrected chi connectivity index (χ0v) is 13.9. The summed E-state index contributed by atoms with van der Waals surface area (Å²) in [6.07, 6.45) is 5.48. The van der Waals surface area contributed by atoms with Crippen LogP contribution in [0.4, 0.5) is 0 Å². The fourth-order valence-electron chi connectivity index (χ4n) is 3.29. The van der Waals surface area contributed by atoms with E-state index in [-0.39, 0.29) is 11.9 Å². The number of hydrogen-bond donors (Lipinski definition) is 2. The molecular formula is C16H29NO3S. The van der Waals surface area contributed by atoms with Gasteiger partial charge in [-0.3, -0.25) is 4.79 Å². The Hall–Kier alpha value is -0.260. The maximum Gasteiger partial charge on any atom is 0.308 e. The normalized spacial score (nSPS) is 31.0. The predicted octanol–water partition coefficient (Wildman–Crippen LogP) is 2.20. The van der Waals surface area contributed by atoms with Crippen LogP contribution in [0, 0.1) is 11.8 Å². The average Bonchev–Trinajstić information content (AvgIpc) is 2.49. The third-order valence-corrected chi connectivity index (χ3v) is 5.81. The fourth-order valence-corrected chi connectivity index (χ4v) is 4.49. The van der Waals surface area contributed by atoms with Crippen molar-refractivity contribution in [1.29, 1.82) is 0 Å². The van der Waals surface area contributed by atoms with Crippen molar-refractivity contribution in [3.63, 3.8) is 0 Å². The minimum Gasteiger partial charge on any atom is -0.466 e. The van der Waals surface area contributed by atoms with Crippen LogP contribution in [0.25, 0.3) is 0 Å². The van der Waals surface area contributed by atoms with E-state index in [1.807, 2.05) is 18.7 Å². The van der Waals surface area contributed by atoms with Gasteiger partial charge in [-0.05, 0) is 69.4 Å². The van der Waals surface area contributed by atoms with E-state index in [9.17, 15) is 9.90 Å². The lowest BCUT2D eigenvalue weighted by Crippen LogP contribution is -2.45. The van der Waals surface area contributed by atoms with Gasteiger partial charge in [-0.15, -0.1) is 0 Å². The zero-order valence-electron chi connectivity index (χ0n) is 13.1. The molecule has 0 aromatic rings. The summed E-state index contributed by atoms with van der Waals surface area (Å²) < 4.78 is 5.07. The number of carbonyl (C=O) groups is 1. The first-order valence-electron chi connectivity index (χ1n) is 8.30. The van der Waals surface area contributed by atoms with Crippen molar-refractivity contribution >= 4 is 17.7 Å². The summed E-state index contributed by atoms with van der Waals surface area (Å²) in [6.45, 7) is 3.96. The molecule has 4 nitrogen and oxygen atoms in total. The number of carbonyl (C=O) groups excluding carboxylic acids is 1. The van der Waals surface area contributed by atoms with Crippen molar-refractivity contribution in [3.05, 3.63) is 0 Å². The van der Waals surface area contributed by atoms with Crippen molar-refractivity contribution in [2.45, 2.75) is 51.0 Å². The average molecular weight is 315 g/mol. The molecule has 0 atom stereocenters. The van der Waals surface area contributed by atoms with E-state index in [0.717, 1.165) is 25.3 Å². The van der Waals surface area contributed by atoms with E-state index in [1.54, 1.807) is 0 Å². The predicted molar refractivity (Wildman–Crippen MR) is 86.5 cm³/mol. The van der Waals surface area contributed by atoms with E-state index in [1.165, 1.54) is 24.3 Å². The van der Waals surface area contributed by atoms with Gasteiger partial charge in [-0.1, -0.05) is 0 Å². The second-order valence-corrected chi connectivity index (χ2v) is 7.66. The molecule has 0 amide bonds. The van der Waals surface area contributed by atoms with Crippen LogP contribution in [-0.4, -0.2) is 47.9 Å². The van der Waals surface area contributed by atoms with Crippen LogP contribution in [0.1, 0.15) is 45.4 Å². The monoisotopic (exact) mass is 315 g/mol. The lowest BCUT2D eigenvalue weighted by atomic mass is 9.78. The van der Waals surface area contributed by atoms with Gasteiger partial charge in [0.2, 0.25) is 0 Å². The highest BCUT2D eigenvalue weighted by molar-refractivity contribution is 7.99. The molecule has 1 aliphatic carbocycles. The maximum atomic E-state index is 11.7. The van der Waals surface area contributed by atoms with Crippen molar-refractivity contribution in [3.8, 4) is 0 Å². The molecule has 1 saturated heterocycles. The van der Waals surface area contributed by atoms with Crippen LogP contribution in [0.3, 0.4) is 0 Å². The number of aliphatic hydroxyl groups is 1. The number of esters is 1. The van der Waals surface area contributed by atoms with E-state index in [4.69, 9.17) is 4.74 Å². The molecule has 21 heavy (non-hydrogen) atoms. The molecule has 1 heterocycles. The Morgan fingerprint density at radius 3 is 2.57 bits per heavy atom. The molecular weight excluding hydrogens is 286 g/mol. The lowest BCUT2D eigenvalue weighted by molar-refractivity contribution is -0.151. The molecule has 5 heteroatoms. The van der Waals surface area contributed by atoms with Crippen molar-refractivity contribution in [2.24, 2.45) is 11.8 Å².